The van der Waals surface area contributed by atoms with Crippen LogP contribution in [0.15, 0.2) is 18.2 Å². The molecular formula is C14H19N3OS. The van der Waals surface area contributed by atoms with Crippen LogP contribution in [0.1, 0.15) is 31.9 Å². The minimum Gasteiger partial charge on any atom is -0.354 e. The average Bonchev–Trinajstić information content (AvgIpc) is 2.73. The number of hydrogen-bond donors (Lipinski definition) is 2. The van der Waals surface area contributed by atoms with Crippen LogP contribution in [0, 0.1) is 11.7 Å². The minimum absolute atomic E-state index is 0.000330. The molecule has 2 aromatic rings. The number of nitrogens with one attached hydrogen (secondary N) is 2. The molecule has 0 aliphatic rings. The van der Waals surface area contributed by atoms with E-state index in [2.05, 4.69) is 10.3 Å². The fourth-order valence-electron chi connectivity index (χ4n) is 2.19. The number of para-hydroxylation sites is 1. The first-order valence-corrected chi connectivity index (χ1v) is 6.94. The van der Waals surface area contributed by atoms with E-state index < -0.39 is 0 Å². The van der Waals surface area contributed by atoms with Gasteiger partial charge in [-0.25, -0.2) is 0 Å². The third-order valence-corrected chi connectivity index (χ3v) is 3.58. The number of aryl methyl sites for hydroxylation is 1. The Bertz CT molecular complexity index is 656. The van der Waals surface area contributed by atoms with Crippen molar-refractivity contribution in [1.29, 1.82) is 0 Å². The van der Waals surface area contributed by atoms with Crippen LogP contribution in [-0.2, 0) is 4.79 Å². The van der Waals surface area contributed by atoms with Crippen molar-refractivity contribution in [3.05, 3.63) is 28.5 Å². The number of carbonyl (C=O) groups is 1. The van der Waals surface area contributed by atoms with E-state index in [1.165, 1.54) is 0 Å². The van der Waals surface area contributed by atoms with Gasteiger partial charge in [0.2, 0.25) is 5.91 Å². The highest BCUT2D eigenvalue weighted by atomic mass is 32.1. The quantitative estimate of drug-likeness (QED) is 0.844. The Morgan fingerprint density at radius 1 is 1.53 bits per heavy atom. The van der Waals surface area contributed by atoms with E-state index in [0.717, 1.165) is 23.0 Å². The van der Waals surface area contributed by atoms with E-state index >= 15 is 0 Å². The van der Waals surface area contributed by atoms with Crippen molar-refractivity contribution in [3.8, 4) is 0 Å². The summed E-state index contributed by atoms with van der Waals surface area (Å²) < 4.78 is 2.46. The predicted molar refractivity (Wildman–Crippen MR) is 79.9 cm³/mol. The molecule has 0 aliphatic heterocycles. The van der Waals surface area contributed by atoms with Crippen molar-refractivity contribution < 1.29 is 4.79 Å². The number of carbonyl (C=O) groups excluding carboxylic acids is 1. The largest absolute Gasteiger partial charge is 0.354 e. The van der Waals surface area contributed by atoms with E-state index in [9.17, 15) is 4.79 Å². The normalized spacial score (nSPS) is 12.6. The van der Waals surface area contributed by atoms with Crippen LogP contribution in [0.4, 0.5) is 0 Å². The maximum atomic E-state index is 12.1. The zero-order chi connectivity index (χ0) is 14.0. The minimum atomic E-state index is -0.311. The molecule has 0 fully saturated rings. The van der Waals surface area contributed by atoms with E-state index in [-0.39, 0.29) is 11.9 Å². The number of fused-ring (bicyclic) bond motifs is 1. The molecule has 0 aliphatic carbocycles. The van der Waals surface area contributed by atoms with Gasteiger partial charge in [0, 0.05) is 6.54 Å². The molecule has 4 nitrogen and oxygen atoms in total. The van der Waals surface area contributed by atoms with Gasteiger partial charge in [-0.3, -0.25) is 4.79 Å². The molecule has 102 valence electrons. The number of rotatable bonds is 4. The molecule has 1 amide bonds. The van der Waals surface area contributed by atoms with Crippen molar-refractivity contribution >= 4 is 29.2 Å². The summed E-state index contributed by atoms with van der Waals surface area (Å²) in [6, 6.07) is 5.68. The van der Waals surface area contributed by atoms with Crippen molar-refractivity contribution in [2.24, 2.45) is 0 Å². The smallest absolute Gasteiger partial charge is 0.242 e. The molecule has 0 spiro atoms. The summed E-state index contributed by atoms with van der Waals surface area (Å²) in [6.45, 7) is 6.62. The molecule has 0 saturated heterocycles. The van der Waals surface area contributed by atoms with Crippen LogP contribution in [0.3, 0.4) is 0 Å². The summed E-state index contributed by atoms with van der Waals surface area (Å²) >= 11 is 5.35. The Morgan fingerprint density at radius 3 is 2.95 bits per heavy atom. The summed E-state index contributed by atoms with van der Waals surface area (Å²) in [5.74, 6) is 0.000330. The molecule has 19 heavy (non-hydrogen) atoms. The number of imidazole rings is 1. The molecule has 0 saturated carbocycles. The Balaban J connectivity index is 2.45. The van der Waals surface area contributed by atoms with E-state index in [1.807, 2.05) is 43.5 Å². The molecule has 1 unspecified atom stereocenters. The Kier molecular flexibility index (Phi) is 4.04. The van der Waals surface area contributed by atoms with Crippen LogP contribution in [0.25, 0.3) is 11.0 Å². The summed E-state index contributed by atoms with van der Waals surface area (Å²) in [7, 11) is 0. The first kappa shape index (κ1) is 13.8. The van der Waals surface area contributed by atoms with Gasteiger partial charge in [-0.15, -0.1) is 0 Å². The lowest BCUT2D eigenvalue weighted by Gasteiger charge is -2.14. The van der Waals surface area contributed by atoms with Crippen LogP contribution in [-0.4, -0.2) is 22.0 Å². The molecule has 2 rings (SSSR count). The van der Waals surface area contributed by atoms with Gasteiger partial charge in [0.25, 0.3) is 0 Å². The molecule has 1 heterocycles. The van der Waals surface area contributed by atoms with E-state index in [4.69, 9.17) is 12.2 Å². The van der Waals surface area contributed by atoms with Gasteiger partial charge in [0.15, 0.2) is 4.77 Å². The molecule has 1 atom stereocenters. The van der Waals surface area contributed by atoms with Crippen molar-refractivity contribution in [2.45, 2.75) is 33.2 Å². The first-order valence-electron chi connectivity index (χ1n) is 6.53. The molecule has 0 radical (unpaired) electrons. The van der Waals surface area contributed by atoms with Crippen LogP contribution in [0.2, 0.25) is 0 Å². The second-order valence-corrected chi connectivity index (χ2v) is 5.12. The summed E-state index contributed by atoms with van der Waals surface area (Å²) in [5.41, 5.74) is 3.11. The molecule has 1 aromatic carbocycles. The highest BCUT2D eigenvalue weighted by molar-refractivity contribution is 7.71. The lowest BCUT2D eigenvalue weighted by molar-refractivity contribution is -0.123. The second-order valence-electron chi connectivity index (χ2n) is 4.74. The SMILES string of the molecule is CCCNC(=O)C(C)n1c(=S)[nH]c2c(C)cccc21. The fraction of sp³-hybridized carbons (Fsp3) is 0.429. The van der Waals surface area contributed by atoms with Crippen LogP contribution >= 0.6 is 12.2 Å². The summed E-state index contributed by atoms with van der Waals surface area (Å²) in [6.07, 6.45) is 0.927. The Labute approximate surface area is 117 Å². The molecule has 2 N–H and O–H groups in total. The van der Waals surface area contributed by atoms with Crippen molar-refractivity contribution in [3.63, 3.8) is 0 Å². The van der Waals surface area contributed by atoms with Gasteiger partial charge < -0.3 is 14.9 Å². The number of aromatic amines is 1. The lowest BCUT2D eigenvalue weighted by Crippen LogP contribution is -2.31. The van der Waals surface area contributed by atoms with Gasteiger partial charge in [0.1, 0.15) is 6.04 Å². The van der Waals surface area contributed by atoms with Crippen molar-refractivity contribution in [2.75, 3.05) is 6.54 Å². The van der Waals surface area contributed by atoms with Gasteiger partial charge in [-0.1, -0.05) is 19.1 Å². The number of benzene rings is 1. The fourth-order valence-corrected chi connectivity index (χ4v) is 2.55. The summed E-state index contributed by atoms with van der Waals surface area (Å²) in [4.78, 5) is 15.3. The van der Waals surface area contributed by atoms with Gasteiger partial charge in [-0.2, -0.15) is 0 Å². The standard InChI is InChI=1S/C14H19N3OS/c1-4-8-15-13(18)10(3)17-11-7-5-6-9(2)12(11)16-14(17)19/h5-7,10H,4,8H2,1-3H3,(H,15,18)(H,16,19). The topological polar surface area (TPSA) is 49.8 Å². The Hall–Kier alpha value is -1.62. The summed E-state index contributed by atoms with van der Waals surface area (Å²) in [5, 5.41) is 2.91. The highest BCUT2D eigenvalue weighted by Crippen LogP contribution is 2.21. The predicted octanol–water partition coefficient (Wildman–Crippen LogP) is 3.09. The number of aromatic nitrogens is 2. The Morgan fingerprint density at radius 2 is 2.26 bits per heavy atom. The molecule has 5 heteroatoms. The highest BCUT2D eigenvalue weighted by Gasteiger charge is 2.18. The average molecular weight is 277 g/mol. The van der Waals surface area contributed by atoms with Gasteiger partial charge in [0.05, 0.1) is 11.0 Å². The van der Waals surface area contributed by atoms with Crippen LogP contribution < -0.4 is 5.32 Å². The first-order chi connectivity index (χ1) is 9.06. The third kappa shape index (κ3) is 2.56. The van der Waals surface area contributed by atoms with Gasteiger partial charge >= 0.3 is 0 Å². The lowest BCUT2D eigenvalue weighted by atomic mass is 10.2. The molecule has 0 bridgehead atoms. The van der Waals surface area contributed by atoms with Crippen molar-refractivity contribution in [1.82, 2.24) is 14.9 Å². The van der Waals surface area contributed by atoms with Gasteiger partial charge in [-0.05, 0) is 44.1 Å². The van der Waals surface area contributed by atoms with E-state index in [0.29, 0.717) is 11.3 Å². The van der Waals surface area contributed by atoms with E-state index in [1.54, 1.807) is 0 Å². The zero-order valence-corrected chi connectivity index (χ0v) is 12.3. The number of H-pyrrole nitrogens is 1. The number of nitrogens with zero attached hydrogens (tertiary/aromatic N) is 1. The monoisotopic (exact) mass is 277 g/mol. The number of amides is 1. The molecular weight excluding hydrogens is 258 g/mol. The maximum absolute atomic E-state index is 12.1. The number of hydrogen-bond acceptors (Lipinski definition) is 2. The zero-order valence-electron chi connectivity index (χ0n) is 11.5. The third-order valence-electron chi connectivity index (χ3n) is 3.28. The maximum Gasteiger partial charge on any atom is 0.242 e. The van der Waals surface area contributed by atoms with Crippen LogP contribution in [0.5, 0.6) is 0 Å². The second kappa shape index (κ2) is 5.57. The molecule has 1 aromatic heterocycles.